The normalized spacial score (nSPS) is 13.2. The van der Waals surface area contributed by atoms with Crippen LogP contribution in [-0.4, -0.2) is 24.5 Å². The van der Waals surface area contributed by atoms with Crippen LogP contribution in [0.1, 0.15) is 26.2 Å². The average molecular weight is 258 g/mol. The third-order valence-corrected chi connectivity index (χ3v) is 2.20. The Labute approximate surface area is 96.3 Å². The number of rotatable bonds is 6. The van der Waals surface area contributed by atoms with Crippen LogP contribution in [-0.2, 0) is 4.74 Å². The van der Waals surface area contributed by atoms with E-state index in [-0.39, 0.29) is 12.4 Å². The van der Waals surface area contributed by atoms with Crippen molar-refractivity contribution in [2.24, 2.45) is 5.92 Å². The number of hydrogen-bond acceptors (Lipinski definition) is 3. The molecule has 100 valence electrons. The molecule has 0 aliphatic rings. The fourth-order valence-electron chi connectivity index (χ4n) is 1.22. The van der Waals surface area contributed by atoms with E-state index in [9.17, 15) is 17.7 Å². The molecule has 0 fully saturated rings. The summed E-state index contributed by atoms with van der Waals surface area (Å²) < 4.78 is 51.9. The molecule has 8 heteroatoms. The van der Waals surface area contributed by atoms with Crippen LogP contribution in [0, 0.1) is 11.3 Å². The standard InChI is InChI=1S/C9H15F4N3O/c1-2-6(4-3-5-16-13)7(14)17-8(15)9(10,11)12/h6,14-16H,2-5H2,1H3/p+1/t6-/m0/s1. The molecule has 4 N–H and O–H groups in total. The minimum Gasteiger partial charge on any atom is -0.384 e. The Hall–Kier alpha value is -1.18. The van der Waals surface area contributed by atoms with E-state index < -0.39 is 18.0 Å². The molecule has 0 bridgehead atoms. The summed E-state index contributed by atoms with van der Waals surface area (Å²) in [6.07, 6.45) is -3.57. The Morgan fingerprint density at radius 1 is 1.47 bits per heavy atom. The predicted octanol–water partition coefficient (Wildman–Crippen LogP) is 0.981. The molecule has 1 atom stereocenters. The lowest BCUT2D eigenvalue weighted by atomic mass is 10.0. The molecule has 17 heavy (non-hydrogen) atoms. The van der Waals surface area contributed by atoms with E-state index in [0.717, 1.165) is 0 Å². The summed E-state index contributed by atoms with van der Waals surface area (Å²) in [5.74, 6) is -2.61. The number of halogens is 4. The van der Waals surface area contributed by atoms with Gasteiger partial charge in [0.2, 0.25) is 0 Å². The molecular formula is C9H16F4N3O+. The van der Waals surface area contributed by atoms with Crippen molar-refractivity contribution in [2.45, 2.75) is 32.4 Å². The van der Waals surface area contributed by atoms with Gasteiger partial charge in [0.25, 0.3) is 5.90 Å². The third kappa shape index (κ3) is 6.20. The Morgan fingerprint density at radius 2 is 2.06 bits per heavy atom. The molecule has 0 aromatic rings. The van der Waals surface area contributed by atoms with Crippen LogP contribution < -0.4 is 10.9 Å². The zero-order valence-electron chi connectivity index (χ0n) is 9.40. The molecule has 0 aromatic heterocycles. The molecule has 0 radical (unpaired) electrons. The molecule has 0 amide bonds. The van der Waals surface area contributed by atoms with E-state index in [0.29, 0.717) is 19.3 Å². The first-order valence-corrected chi connectivity index (χ1v) is 5.12. The van der Waals surface area contributed by atoms with E-state index in [1.165, 1.54) is 5.54 Å². The molecule has 0 spiro atoms. The van der Waals surface area contributed by atoms with Crippen molar-refractivity contribution in [3.05, 3.63) is 0 Å². The maximum Gasteiger partial charge on any atom is 0.468 e. The van der Waals surface area contributed by atoms with Gasteiger partial charge in [0.1, 0.15) is 0 Å². The highest BCUT2D eigenvalue weighted by molar-refractivity contribution is 5.91. The van der Waals surface area contributed by atoms with Crippen LogP contribution in [0.25, 0.3) is 0 Å². The second-order valence-corrected chi connectivity index (χ2v) is 3.46. The fraction of sp³-hybridized carbons (Fsp3) is 0.778. The topological polar surface area (TPSA) is 70.7 Å². The zero-order chi connectivity index (χ0) is 13.5. The maximum atomic E-state index is 12.0. The van der Waals surface area contributed by atoms with Crippen LogP contribution in [0.4, 0.5) is 17.7 Å². The van der Waals surface area contributed by atoms with E-state index in [1.54, 1.807) is 6.92 Å². The summed E-state index contributed by atoms with van der Waals surface area (Å²) in [7, 11) is 0. The molecule has 0 saturated carbocycles. The van der Waals surface area contributed by atoms with Crippen molar-refractivity contribution in [2.75, 3.05) is 6.54 Å². The molecule has 0 saturated heterocycles. The van der Waals surface area contributed by atoms with Gasteiger partial charge in [0.15, 0.2) is 0 Å². The number of alkyl halides is 3. The third-order valence-electron chi connectivity index (χ3n) is 2.20. The smallest absolute Gasteiger partial charge is 0.384 e. The first kappa shape index (κ1) is 15.8. The molecule has 0 aromatic carbocycles. The van der Waals surface area contributed by atoms with Gasteiger partial charge in [0.05, 0.1) is 5.92 Å². The van der Waals surface area contributed by atoms with Crippen molar-refractivity contribution in [1.82, 2.24) is 5.54 Å². The van der Waals surface area contributed by atoms with Gasteiger partial charge in [-0.1, -0.05) is 6.92 Å². The Kier molecular flexibility index (Phi) is 6.71. The quantitative estimate of drug-likeness (QED) is 0.218. The minimum atomic E-state index is -4.84. The molecule has 0 unspecified atom stereocenters. The van der Waals surface area contributed by atoms with Gasteiger partial charge in [-0.3, -0.25) is 5.41 Å². The van der Waals surface area contributed by atoms with Crippen LogP contribution >= 0.6 is 0 Å². The maximum absolute atomic E-state index is 12.0. The molecule has 4 nitrogen and oxygen atoms in total. The minimum absolute atomic E-state index is 0.0977. The van der Waals surface area contributed by atoms with Crippen LogP contribution in [0.3, 0.4) is 0 Å². The lowest BCUT2D eigenvalue weighted by Crippen LogP contribution is -2.48. The van der Waals surface area contributed by atoms with Crippen molar-refractivity contribution in [3.8, 4) is 0 Å². The Balaban J connectivity index is 4.21. The van der Waals surface area contributed by atoms with Gasteiger partial charge in [-0.2, -0.15) is 18.7 Å². The summed E-state index contributed by atoms with van der Waals surface area (Å²) in [5, 5.41) is 12.0. The van der Waals surface area contributed by atoms with E-state index >= 15 is 0 Å². The summed E-state index contributed by atoms with van der Waals surface area (Å²) in [5.41, 5.74) is 1.44. The number of hydrogen-bond donors (Lipinski definition) is 3. The fourth-order valence-corrected chi connectivity index (χ4v) is 1.22. The zero-order valence-corrected chi connectivity index (χ0v) is 9.40. The van der Waals surface area contributed by atoms with Gasteiger partial charge < -0.3 is 4.74 Å². The predicted molar refractivity (Wildman–Crippen MR) is 53.9 cm³/mol. The van der Waals surface area contributed by atoms with E-state index in [2.05, 4.69) is 4.74 Å². The first-order chi connectivity index (χ1) is 7.82. The molecular weight excluding hydrogens is 242 g/mol. The van der Waals surface area contributed by atoms with Crippen molar-refractivity contribution >= 4 is 11.8 Å². The van der Waals surface area contributed by atoms with Gasteiger partial charge in [-0.15, -0.1) is 4.48 Å². The largest absolute Gasteiger partial charge is 0.468 e. The highest BCUT2D eigenvalue weighted by atomic mass is 19.4. The van der Waals surface area contributed by atoms with E-state index in [1.807, 2.05) is 0 Å². The molecule has 0 aliphatic carbocycles. The second kappa shape index (κ2) is 7.21. The highest BCUT2D eigenvalue weighted by Gasteiger charge is 2.39. The lowest BCUT2D eigenvalue weighted by molar-refractivity contribution is -0.146. The van der Waals surface area contributed by atoms with Gasteiger partial charge in [-0.05, 0) is 19.3 Å². The number of nitrogens with two attached hydrogens (primary N) is 1. The van der Waals surface area contributed by atoms with Crippen molar-refractivity contribution in [3.63, 3.8) is 0 Å². The van der Waals surface area contributed by atoms with E-state index in [4.69, 9.17) is 10.8 Å². The average Bonchev–Trinajstić information content (AvgIpc) is 2.22. The van der Waals surface area contributed by atoms with Crippen LogP contribution in [0.2, 0.25) is 0 Å². The van der Waals surface area contributed by atoms with Crippen molar-refractivity contribution in [1.29, 1.82) is 5.41 Å². The second-order valence-electron chi connectivity index (χ2n) is 3.46. The Morgan fingerprint density at radius 3 is 2.47 bits per heavy atom. The summed E-state index contributed by atoms with van der Waals surface area (Å²) in [4.78, 5) is 0. The van der Waals surface area contributed by atoms with Crippen LogP contribution in [0.15, 0.2) is 0 Å². The van der Waals surface area contributed by atoms with Gasteiger partial charge >= 0.3 is 12.1 Å². The summed E-state index contributed by atoms with van der Waals surface area (Å²) in [6, 6.07) is 0. The van der Waals surface area contributed by atoms with Crippen LogP contribution in [0.5, 0.6) is 0 Å². The Bertz CT molecular complexity index is 267. The van der Waals surface area contributed by atoms with Crippen molar-refractivity contribution < 1.29 is 27.8 Å². The lowest BCUT2D eigenvalue weighted by Gasteiger charge is -2.13. The molecule has 0 heterocycles. The number of nitrogens with one attached hydrogen (secondary N) is 2. The monoisotopic (exact) mass is 258 g/mol. The number of ether oxygens (including phenoxy) is 1. The summed E-state index contributed by atoms with van der Waals surface area (Å²) >= 11 is 0. The molecule has 0 aliphatic heterocycles. The first-order valence-electron chi connectivity index (χ1n) is 5.12. The summed E-state index contributed by atoms with van der Waals surface area (Å²) in [6.45, 7) is 1.82. The highest BCUT2D eigenvalue weighted by Crippen LogP contribution is 2.19. The van der Waals surface area contributed by atoms with Gasteiger partial charge in [0, 0.05) is 6.54 Å². The SMILES string of the molecule is CC[C@@H](CCCNF)C(=[NH2+])OC(=N)C(F)(F)F. The molecule has 0 rings (SSSR count). The van der Waals surface area contributed by atoms with Gasteiger partial charge in [-0.25, -0.2) is 5.41 Å².